The first kappa shape index (κ1) is 25.8. The highest BCUT2D eigenvalue weighted by molar-refractivity contribution is 9.10. The monoisotopic (exact) mass is 549 g/mol. The number of halogens is 1. The number of hydrogen-bond donors (Lipinski definition) is 2. The molecule has 34 heavy (non-hydrogen) atoms. The Hall–Kier alpha value is -2.85. The van der Waals surface area contributed by atoms with Crippen LogP contribution in [0.5, 0.6) is 5.75 Å². The van der Waals surface area contributed by atoms with Gasteiger partial charge in [0, 0.05) is 18.2 Å². The third kappa shape index (κ3) is 7.07. The quantitative estimate of drug-likeness (QED) is 0.334. The molecule has 0 fully saturated rings. The van der Waals surface area contributed by atoms with Crippen molar-refractivity contribution in [3.8, 4) is 5.75 Å². The lowest BCUT2D eigenvalue weighted by Gasteiger charge is -2.20. The highest BCUT2D eigenvalue weighted by Crippen LogP contribution is 2.31. The largest absolute Gasteiger partial charge is 0.492 e. The van der Waals surface area contributed by atoms with Gasteiger partial charge in [0.2, 0.25) is 5.91 Å². The van der Waals surface area contributed by atoms with E-state index in [1.54, 1.807) is 6.92 Å². The third-order valence-electron chi connectivity index (χ3n) is 4.92. The van der Waals surface area contributed by atoms with Gasteiger partial charge < -0.3 is 14.6 Å². The molecule has 0 unspecified atom stereocenters. The zero-order chi connectivity index (χ0) is 24.9. The number of amides is 1. The first-order chi connectivity index (χ1) is 15.9. The van der Waals surface area contributed by atoms with Crippen LogP contribution in [0, 0.1) is 6.92 Å². The van der Waals surface area contributed by atoms with E-state index in [1.807, 2.05) is 18.2 Å². The second kappa shape index (κ2) is 10.6. The first-order valence-corrected chi connectivity index (χ1v) is 13.0. The number of hydrogen-bond acceptors (Lipinski definition) is 6. The second-order valence-corrected chi connectivity index (χ2v) is 11.4. The number of sulfonamides is 1. The molecule has 3 aromatic rings. The fourth-order valence-corrected chi connectivity index (χ4v) is 4.53. The number of nitrogens with zero attached hydrogens (tertiary/aromatic N) is 1. The van der Waals surface area contributed by atoms with Crippen molar-refractivity contribution in [3.05, 3.63) is 64.3 Å². The van der Waals surface area contributed by atoms with Crippen LogP contribution < -0.4 is 14.8 Å². The highest BCUT2D eigenvalue weighted by atomic mass is 79.9. The van der Waals surface area contributed by atoms with Gasteiger partial charge in [-0.25, -0.2) is 8.42 Å². The highest BCUT2D eigenvalue weighted by Gasteiger charge is 2.17. The lowest BCUT2D eigenvalue weighted by atomic mass is 9.87. The van der Waals surface area contributed by atoms with Crippen molar-refractivity contribution in [2.75, 3.05) is 16.6 Å². The van der Waals surface area contributed by atoms with Crippen molar-refractivity contribution in [1.82, 2.24) is 5.16 Å². The molecule has 3 rings (SSSR count). The number of carbonyl (C=O) groups excluding carboxylic acids is 1. The summed E-state index contributed by atoms with van der Waals surface area (Å²) in [7, 11) is -3.81. The summed E-state index contributed by atoms with van der Waals surface area (Å²) < 4.78 is 38.7. The number of ether oxygens (including phenoxy) is 1. The summed E-state index contributed by atoms with van der Waals surface area (Å²) in [5, 5.41) is 6.38. The van der Waals surface area contributed by atoms with E-state index < -0.39 is 10.0 Å². The summed E-state index contributed by atoms with van der Waals surface area (Å²) in [5.74, 6) is 1.15. The van der Waals surface area contributed by atoms with Crippen molar-refractivity contribution in [1.29, 1.82) is 0 Å². The van der Waals surface area contributed by atoms with E-state index in [0.717, 1.165) is 10.2 Å². The van der Waals surface area contributed by atoms with Crippen molar-refractivity contribution in [2.24, 2.45) is 0 Å². The van der Waals surface area contributed by atoms with Gasteiger partial charge in [-0.3, -0.25) is 9.52 Å². The van der Waals surface area contributed by atoms with E-state index in [-0.39, 0.29) is 28.5 Å². The SMILES string of the molecule is Cc1cc(NS(=O)(=O)c2ccc(NC(=O)CCCOc3ccc(C(C)(C)C)cc3Br)cc2)no1. The van der Waals surface area contributed by atoms with E-state index in [2.05, 4.69) is 51.9 Å². The Balaban J connectivity index is 1.46. The molecule has 0 radical (unpaired) electrons. The summed E-state index contributed by atoms with van der Waals surface area (Å²) in [6.07, 6.45) is 0.803. The zero-order valence-corrected chi connectivity index (χ0v) is 21.9. The number of benzene rings is 2. The molecular formula is C24H28BrN3O5S. The molecule has 0 spiro atoms. The lowest BCUT2D eigenvalue weighted by molar-refractivity contribution is -0.116. The number of aryl methyl sites for hydroxylation is 1. The number of nitrogens with one attached hydrogen (secondary N) is 2. The van der Waals surface area contributed by atoms with E-state index in [4.69, 9.17) is 9.26 Å². The maximum atomic E-state index is 12.4. The molecule has 0 atom stereocenters. The molecule has 1 aromatic heterocycles. The average Bonchev–Trinajstić information content (AvgIpc) is 3.15. The molecule has 0 aliphatic heterocycles. The van der Waals surface area contributed by atoms with Gasteiger partial charge in [0.1, 0.15) is 11.5 Å². The Kier molecular flexibility index (Phi) is 8.04. The van der Waals surface area contributed by atoms with Crippen LogP contribution in [-0.4, -0.2) is 26.1 Å². The first-order valence-electron chi connectivity index (χ1n) is 10.7. The van der Waals surface area contributed by atoms with Gasteiger partial charge >= 0.3 is 0 Å². The minimum absolute atomic E-state index is 0.0441. The summed E-state index contributed by atoms with van der Waals surface area (Å²) in [5.41, 5.74) is 1.75. The van der Waals surface area contributed by atoms with Gasteiger partial charge in [0.15, 0.2) is 5.82 Å². The van der Waals surface area contributed by atoms with Crippen LogP contribution in [0.25, 0.3) is 0 Å². The van der Waals surface area contributed by atoms with Crippen molar-refractivity contribution in [2.45, 2.75) is 50.8 Å². The molecule has 10 heteroatoms. The Bertz CT molecular complexity index is 1250. The van der Waals surface area contributed by atoms with Crippen LogP contribution in [0.1, 0.15) is 44.9 Å². The number of anilines is 2. The fourth-order valence-electron chi connectivity index (χ4n) is 3.05. The zero-order valence-electron chi connectivity index (χ0n) is 19.5. The molecular weight excluding hydrogens is 522 g/mol. The smallest absolute Gasteiger partial charge is 0.263 e. The maximum Gasteiger partial charge on any atom is 0.263 e. The predicted molar refractivity (Wildman–Crippen MR) is 135 cm³/mol. The van der Waals surface area contributed by atoms with Crippen molar-refractivity contribution in [3.63, 3.8) is 0 Å². The Morgan fingerprint density at radius 2 is 1.82 bits per heavy atom. The standard InChI is InChI=1S/C24H28BrN3O5S/c1-16-14-22(27-33-16)28-34(30,31)19-10-8-18(9-11-19)26-23(29)6-5-13-32-21-12-7-17(15-20(21)25)24(2,3)4/h7-12,14-15H,5-6,13H2,1-4H3,(H,26,29)(H,27,28). The van der Waals surface area contributed by atoms with Gasteiger partial charge in [0.05, 0.1) is 16.0 Å². The van der Waals surface area contributed by atoms with Gasteiger partial charge in [-0.15, -0.1) is 0 Å². The predicted octanol–water partition coefficient (Wildman–Crippen LogP) is 5.64. The summed E-state index contributed by atoms with van der Waals surface area (Å²) in [6, 6.07) is 13.4. The van der Waals surface area contributed by atoms with Gasteiger partial charge in [0.25, 0.3) is 10.0 Å². The number of rotatable bonds is 9. The summed E-state index contributed by atoms with van der Waals surface area (Å²) >= 11 is 3.54. The van der Waals surface area contributed by atoms with Crippen LogP contribution in [0.4, 0.5) is 11.5 Å². The Morgan fingerprint density at radius 1 is 1.12 bits per heavy atom. The van der Waals surface area contributed by atoms with Gasteiger partial charge in [-0.1, -0.05) is 32.0 Å². The molecule has 2 N–H and O–H groups in total. The molecule has 0 bridgehead atoms. The minimum atomic E-state index is -3.81. The summed E-state index contributed by atoms with van der Waals surface area (Å²) in [6.45, 7) is 8.51. The molecule has 0 aliphatic rings. The molecule has 2 aromatic carbocycles. The van der Waals surface area contributed by atoms with E-state index >= 15 is 0 Å². The molecule has 8 nitrogen and oxygen atoms in total. The van der Waals surface area contributed by atoms with Crippen molar-refractivity contribution >= 4 is 43.4 Å². The molecule has 0 aliphatic carbocycles. The number of aromatic nitrogens is 1. The molecule has 1 amide bonds. The summed E-state index contributed by atoms with van der Waals surface area (Å²) in [4.78, 5) is 12.3. The van der Waals surface area contributed by atoms with Crippen molar-refractivity contribution < 1.29 is 22.5 Å². The second-order valence-electron chi connectivity index (χ2n) is 8.85. The van der Waals surface area contributed by atoms with Crippen LogP contribution in [0.3, 0.4) is 0 Å². The van der Waals surface area contributed by atoms with Crippen LogP contribution >= 0.6 is 15.9 Å². The molecule has 0 saturated carbocycles. The molecule has 0 saturated heterocycles. The van der Waals surface area contributed by atoms with Crippen LogP contribution in [0.15, 0.2) is 62.4 Å². The van der Waals surface area contributed by atoms with Gasteiger partial charge in [-0.2, -0.15) is 0 Å². The fraction of sp³-hybridized carbons (Fsp3) is 0.333. The van der Waals surface area contributed by atoms with E-state index in [1.165, 1.54) is 35.9 Å². The van der Waals surface area contributed by atoms with E-state index in [9.17, 15) is 13.2 Å². The molecule has 182 valence electrons. The van der Waals surface area contributed by atoms with Crippen LogP contribution in [-0.2, 0) is 20.2 Å². The lowest BCUT2D eigenvalue weighted by Crippen LogP contribution is -2.14. The topological polar surface area (TPSA) is 111 Å². The Labute approximate surface area is 208 Å². The van der Waals surface area contributed by atoms with Crippen LogP contribution in [0.2, 0.25) is 0 Å². The molecule has 1 heterocycles. The normalized spacial score (nSPS) is 11.8. The maximum absolute atomic E-state index is 12.4. The van der Waals surface area contributed by atoms with E-state index in [0.29, 0.717) is 24.5 Å². The third-order valence-corrected chi connectivity index (χ3v) is 6.91. The average molecular weight is 550 g/mol. The Morgan fingerprint density at radius 3 is 2.41 bits per heavy atom. The minimum Gasteiger partial charge on any atom is -0.492 e. The van der Waals surface area contributed by atoms with Gasteiger partial charge in [-0.05, 0) is 76.7 Å². The number of carbonyl (C=O) groups is 1.